The van der Waals surface area contributed by atoms with Crippen molar-refractivity contribution in [3.8, 4) is 0 Å². The van der Waals surface area contributed by atoms with Crippen molar-refractivity contribution >= 4 is 39.5 Å². The average Bonchev–Trinajstić information content (AvgIpc) is 2.74. The van der Waals surface area contributed by atoms with Gasteiger partial charge >= 0.3 is 0 Å². The predicted molar refractivity (Wildman–Crippen MR) is 118 cm³/mol. The molecule has 2 N–H and O–H groups in total. The van der Waals surface area contributed by atoms with Gasteiger partial charge in [0.1, 0.15) is 5.82 Å². The van der Waals surface area contributed by atoms with Gasteiger partial charge in [0.25, 0.3) is 5.91 Å². The number of benzene rings is 1. The molecule has 0 bridgehead atoms. The molecule has 1 unspecified atom stereocenters. The average molecular weight is 473 g/mol. The Labute approximate surface area is 184 Å². The Hall–Kier alpha value is -2.74. The first-order valence-electron chi connectivity index (χ1n) is 9.98. The van der Waals surface area contributed by atoms with Crippen molar-refractivity contribution in [2.45, 2.75) is 26.2 Å². The summed E-state index contributed by atoms with van der Waals surface area (Å²) in [6.07, 6.45) is 1.72. The molecule has 0 spiro atoms. The van der Waals surface area contributed by atoms with Crippen LogP contribution in [0.15, 0.2) is 46.9 Å². The molecule has 3 amide bonds. The molecule has 7 nitrogen and oxygen atoms in total. The Morgan fingerprint density at radius 3 is 2.67 bits per heavy atom. The number of anilines is 1. The van der Waals surface area contributed by atoms with E-state index in [0.29, 0.717) is 24.5 Å². The molecule has 1 aliphatic rings. The summed E-state index contributed by atoms with van der Waals surface area (Å²) in [5.41, 5.74) is 1.38. The first kappa shape index (κ1) is 22.0. The van der Waals surface area contributed by atoms with Gasteiger partial charge in [-0.25, -0.2) is 4.98 Å². The highest BCUT2D eigenvalue weighted by molar-refractivity contribution is 9.10. The molecule has 3 rings (SSSR count). The lowest BCUT2D eigenvalue weighted by atomic mass is 9.97. The highest BCUT2D eigenvalue weighted by atomic mass is 79.9. The number of aromatic nitrogens is 1. The number of nitrogens with one attached hydrogen (secondary N) is 2. The van der Waals surface area contributed by atoms with Crippen LogP contribution in [0.1, 0.15) is 35.3 Å². The van der Waals surface area contributed by atoms with Gasteiger partial charge in [-0.2, -0.15) is 0 Å². The maximum absolute atomic E-state index is 12.6. The minimum Gasteiger partial charge on any atom is -0.352 e. The SMILES string of the molecule is Cc1cccc(NC(=O)C2CCCN(C(=O)CCNC(=O)c3ccc(Br)cc3)C2)n1. The zero-order chi connectivity index (χ0) is 21.5. The first-order chi connectivity index (χ1) is 14.4. The molecule has 8 heteroatoms. The van der Waals surface area contributed by atoms with E-state index in [9.17, 15) is 14.4 Å². The van der Waals surface area contributed by atoms with Crippen LogP contribution >= 0.6 is 15.9 Å². The molecule has 2 aromatic rings. The van der Waals surface area contributed by atoms with Crippen LogP contribution < -0.4 is 10.6 Å². The van der Waals surface area contributed by atoms with Crippen LogP contribution in [0, 0.1) is 12.8 Å². The lowest BCUT2D eigenvalue weighted by molar-refractivity contribution is -0.134. The number of halogens is 1. The summed E-state index contributed by atoms with van der Waals surface area (Å²) < 4.78 is 0.899. The van der Waals surface area contributed by atoms with Crippen molar-refractivity contribution in [2.75, 3.05) is 25.0 Å². The number of piperidine rings is 1. The van der Waals surface area contributed by atoms with Crippen LogP contribution in [0.3, 0.4) is 0 Å². The molecular formula is C22H25BrN4O3. The molecule has 1 saturated heterocycles. The van der Waals surface area contributed by atoms with Crippen molar-refractivity contribution in [1.29, 1.82) is 0 Å². The van der Waals surface area contributed by atoms with E-state index in [-0.39, 0.29) is 36.6 Å². The maximum atomic E-state index is 12.6. The first-order valence-corrected chi connectivity index (χ1v) is 10.8. The summed E-state index contributed by atoms with van der Waals surface area (Å²) >= 11 is 3.33. The van der Waals surface area contributed by atoms with Crippen LogP contribution in [0.25, 0.3) is 0 Å². The van der Waals surface area contributed by atoms with Crippen LogP contribution in [-0.4, -0.2) is 47.2 Å². The highest BCUT2D eigenvalue weighted by Gasteiger charge is 2.28. The van der Waals surface area contributed by atoms with Crippen molar-refractivity contribution in [1.82, 2.24) is 15.2 Å². The third-order valence-electron chi connectivity index (χ3n) is 5.02. The van der Waals surface area contributed by atoms with Crippen molar-refractivity contribution in [2.24, 2.45) is 5.92 Å². The summed E-state index contributed by atoms with van der Waals surface area (Å²) in [6, 6.07) is 12.5. The summed E-state index contributed by atoms with van der Waals surface area (Å²) in [4.78, 5) is 43.3. The second kappa shape index (κ2) is 10.3. The molecule has 0 aliphatic carbocycles. The maximum Gasteiger partial charge on any atom is 0.251 e. The Bertz CT molecular complexity index is 917. The largest absolute Gasteiger partial charge is 0.352 e. The fourth-order valence-electron chi connectivity index (χ4n) is 3.40. The molecule has 1 aromatic carbocycles. The summed E-state index contributed by atoms with van der Waals surface area (Å²) in [6.45, 7) is 3.14. The number of carbonyl (C=O) groups is 3. The summed E-state index contributed by atoms with van der Waals surface area (Å²) in [5.74, 6) is -0.121. The van der Waals surface area contributed by atoms with E-state index >= 15 is 0 Å². The van der Waals surface area contributed by atoms with Crippen LogP contribution in [0.4, 0.5) is 5.82 Å². The summed E-state index contributed by atoms with van der Waals surface area (Å²) in [5, 5.41) is 5.61. The minimum atomic E-state index is -0.262. The number of likely N-dealkylation sites (tertiary alicyclic amines) is 1. The normalized spacial score (nSPS) is 16.1. The standard InChI is InChI=1S/C22H25BrN4O3/c1-15-4-2-6-19(25-15)26-22(30)17-5-3-13-27(14-17)20(28)11-12-24-21(29)16-7-9-18(23)10-8-16/h2,4,6-10,17H,3,5,11-14H2,1H3,(H,24,29)(H,25,26,30). The van der Waals surface area contributed by atoms with Gasteiger partial charge in [-0.05, 0) is 56.2 Å². The van der Waals surface area contributed by atoms with Gasteiger partial charge in [0, 0.05) is 41.8 Å². The van der Waals surface area contributed by atoms with Gasteiger partial charge in [-0.3, -0.25) is 14.4 Å². The number of carbonyl (C=O) groups excluding carboxylic acids is 3. The number of aryl methyl sites for hydroxylation is 1. The van der Waals surface area contributed by atoms with Crippen LogP contribution in [-0.2, 0) is 9.59 Å². The molecule has 1 aliphatic heterocycles. The Balaban J connectivity index is 1.46. The zero-order valence-electron chi connectivity index (χ0n) is 16.9. The second-order valence-corrected chi connectivity index (χ2v) is 8.26. The number of rotatable bonds is 6. The molecule has 158 valence electrons. The fourth-order valence-corrected chi connectivity index (χ4v) is 3.67. The molecule has 0 radical (unpaired) electrons. The molecule has 30 heavy (non-hydrogen) atoms. The molecule has 0 saturated carbocycles. The van der Waals surface area contributed by atoms with E-state index in [1.54, 1.807) is 35.2 Å². The van der Waals surface area contributed by atoms with Gasteiger partial charge in [0.15, 0.2) is 0 Å². The van der Waals surface area contributed by atoms with E-state index in [1.807, 2.05) is 19.1 Å². The molecule has 2 heterocycles. The van der Waals surface area contributed by atoms with Gasteiger partial charge in [-0.1, -0.05) is 22.0 Å². The number of amides is 3. The predicted octanol–water partition coefficient (Wildman–Crippen LogP) is 3.15. The van der Waals surface area contributed by atoms with Crippen LogP contribution in [0.2, 0.25) is 0 Å². The number of nitrogens with zero attached hydrogens (tertiary/aromatic N) is 2. The molecular weight excluding hydrogens is 448 g/mol. The third-order valence-corrected chi connectivity index (χ3v) is 5.54. The summed E-state index contributed by atoms with van der Waals surface area (Å²) in [7, 11) is 0. The minimum absolute atomic E-state index is 0.0581. The van der Waals surface area contributed by atoms with Gasteiger partial charge in [-0.15, -0.1) is 0 Å². The van der Waals surface area contributed by atoms with E-state index in [2.05, 4.69) is 31.5 Å². The lowest BCUT2D eigenvalue weighted by Gasteiger charge is -2.32. The van der Waals surface area contributed by atoms with Crippen molar-refractivity contribution in [3.63, 3.8) is 0 Å². The number of hydrogen-bond donors (Lipinski definition) is 2. The number of hydrogen-bond acceptors (Lipinski definition) is 4. The second-order valence-electron chi connectivity index (χ2n) is 7.35. The third kappa shape index (κ3) is 6.13. The van der Waals surface area contributed by atoms with Gasteiger partial charge in [0.2, 0.25) is 11.8 Å². The topological polar surface area (TPSA) is 91.4 Å². The van der Waals surface area contributed by atoms with E-state index < -0.39 is 0 Å². The van der Waals surface area contributed by atoms with Crippen LogP contribution in [0.5, 0.6) is 0 Å². The lowest BCUT2D eigenvalue weighted by Crippen LogP contribution is -2.44. The van der Waals surface area contributed by atoms with E-state index in [0.717, 1.165) is 23.0 Å². The van der Waals surface area contributed by atoms with Gasteiger partial charge in [0.05, 0.1) is 5.92 Å². The van der Waals surface area contributed by atoms with Gasteiger partial charge < -0.3 is 15.5 Å². The number of pyridine rings is 1. The Morgan fingerprint density at radius 1 is 1.17 bits per heavy atom. The Kier molecular flexibility index (Phi) is 7.57. The van der Waals surface area contributed by atoms with Crippen molar-refractivity contribution < 1.29 is 14.4 Å². The smallest absolute Gasteiger partial charge is 0.251 e. The Morgan fingerprint density at radius 2 is 1.93 bits per heavy atom. The monoisotopic (exact) mass is 472 g/mol. The molecule has 1 aromatic heterocycles. The zero-order valence-corrected chi connectivity index (χ0v) is 18.4. The van der Waals surface area contributed by atoms with E-state index in [4.69, 9.17) is 0 Å². The fraction of sp³-hybridized carbons (Fsp3) is 0.364. The molecule has 1 atom stereocenters. The van der Waals surface area contributed by atoms with E-state index in [1.165, 1.54) is 0 Å². The molecule has 1 fully saturated rings. The quantitative estimate of drug-likeness (QED) is 0.675. The highest BCUT2D eigenvalue weighted by Crippen LogP contribution is 2.19. The van der Waals surface area contributed by atoms with Crippen molar-refractivity contribution in [3.05, 3.63) is 58.2 Å².